The van der Waals surface area contributed by atoms with E-state index in [2.05, 4.69) is 65.8 Å². The van der Waals surface area contributed by atoms with Gasteiger partial charge in [-0.05, 0) is 25.7 Å². The Labute approximate surface area is 116 Å². The van der Waals surface area contributed by atoms with Gasteiger partial charge in [0.1, 0.15) is 0 Å². The van der Waals surface area contributed by atoms with Crippen LogP contribution in [0, 0.1) is 25.7 Å². The van der Waals surface area contributed by atoms with E-state index in [4.69, 9.17) is 0 Å². The smallest absolute Gasteiger partial charge is 0.0398 e. The molecule has 0 heteroatoms. The molecule has 18 heavy (non-hydrogen) atoms. The third-order valence-electron chi connectivity index (χ3n) is 2.54. The van der Waals surface area contributed by atoms with Crippen LogP contribution in [0.2, 0.25) is 0 Å². The third kappa shape index (κ3) is 15.2. The highest BCUT2D eigenvalue weighted by Crippen LogP contribution is 2.09. The maximum atomic E-state index is 2.28. The SMILES string of the molecule is CC.CC(C)CCC(C)C.Cc1ccc(C)cc1. The maximum absolute atomic E-state index is 2.28. The molecule has 0 fully saturated rings. The zero-order valence-corrected chi connectivity index (χ0v) is 13.9. The maximum Gasteiger partial charge on any atom is -0.0398 e. The van der Waals surface area contributed by atoms with Crippen molar-refractivity contribution in [3.05, 3.63) is 35.4 Å². The normalized spacial score (nSPS) is 9.44. The zero-order chi connectivity index (χ0) is 14.6. The molecule has 0 aromatic heterocycles. The average molecular weight is 250 g/mol. The van der Waals surface area contributed by atoms with E-state index in [-0.39, 0.29) is 0 Å². The quantitative estimate of drug-likeness (QED) is 0.581. The van der Waals surface area contributed by atoms with E-state index in [1.807, 2.05) is 13.8 Å². The van der Waals surface area contributed by atoms with Crippen molar-refractivity contribution in [1.29, 1.82) is 0 Å². The Balaban J connectivity index is 0. The fourth-order valence-electron chi connectivity index (χ4n) is 1.30. The lowest BCUT2D eigenvalue weighted by Gasteiger charge is -2.05. The van der Waals surface area contributed by atoms with Gasteiger partial charge in [0.15, 0.2) is 0 Å². The second-order valence-corrected chi connectivity index (χ2v) is 5.52. The largest absolute Gasteiger partial charge is 0.0683 e. The van der Waals surface area contributed by atoms with Crippen LogP contribution in [0.4, 0.5) is 0 Å². The molecule has 0 saturated heterocycles. The van der Waals surface area contributed by atoms with Crippen molar-refractivity contribution >= 4 is 0 Å². The zero-order valence-electron chi connectivity index (χ0n) is 13.9. The van der Waals surface area contributed by atoms with Gasteiger partial charge in [-0.3, -0.25) is 0 Å². The molecule has 1 aromatic rings. The van der Waals surface area contributed by atoms with Crippen molar-refractivity contribution in [1.82, 2.24) is 0 Å². The van der Waals surface area contributed by atoms with E-state index in [1.165, 1.54) is 24.0 Å². The molecule has 0 N–H and O–H groups in total. The van der Waals surface area contributed by atoms with Crippen LogP contribution in [0.5, 0.6) is 0 Å². The lowest BCUT2D eigenvalue weighted by molar-refractivity contribution is 0.476. The third-order valence-corrected chi connectivity index (χ3v) is 2.54. The number of aryl methyl sites for hydroxylation is 2. The molecular formula is C18H34. The molecular weight excluding hydrogens is 216 g/mol. The molecule has 0 radical (unpaired) electrons. The summed E-state index contributed by atoms with van der Waals surface area (Å²) in [5.74, 6) is 1.77. The van der Waals surface area contributed by atoms with Crippen LogP contribution >= 0.6 is 0 Å². The van der Waals surface area contributed by atoms with E-state index in [1.54, 1.807) is 0 Å². The van der Waals surface area contributed by atoms with Crippen LogP contribution in [0.25, 0.3) is 0 Å². The van der Waals surface area contributed by atoms with Crippen molar-refractivity contribution in [2.75, 3.05) is 0 Å². The molecule has 0 saturated carbocycles. The summed E-state index contributed by atoms with van der Waals surface area (Å²) in [6.45, 7) is 17.3. The minimum Gasteiger partial charge on any atom is -0.0683 e. The van der Waals surface area contributed by atoms with E-state index in [0.29, 0.717) is 0 Å². The van der Waals surface area contributed by atoms with E-state index in [0.717, 1.165) is 11.8 Å². The minimum atomic E-state index is 0.886. The molecule has 0 spiro atoms. The number of rotatable bonds is 3. The van der Waals surface area contributed by atoms with Crippen molar-refractivity contribution in [3.63, 3.8) is 0 Å². The van der Waals surface area contributed by atoms with Crippen LogP contribution in [0.1, 0.15) is 65.5 Å². The first-order valence-corrected chi connectivity index (χ1v) is 7.45. The van der Waals surface area contributed by atoms with Gasteiger partial charge >= 0.3 is 0 Å². The van der Waals surface area contributed by atoms with Crippen molar-refractivity contribution in [3.8, 4) is 0 Å². The molecule has 0 nitrogen and oxygen atoms in total. The molecule has 106 valence electrons. The summed E-state index contributed by atoms with van der Waals surface area (Å²) in [5.41, 5.74) is 2.66. The predicted molar refractivity (Wildman–Crippen MR) is 86.2 cm³/mol. The fraction of sp³-hybridized carbons (Fsp3) is 0.667. The van der Waals surface area contributed by atoms with Gasteiger partial charge in [0.05, 0.1) is 0 Å². The van der Waals surface area contributed by atoms with Crippen LogP contribution in [-0.4, -0.2) is 0 Å². The first-order valence-electron chi connectivity index (χ1n) is 7.45. The van der Waals surface area contributed by atoms with E-state index < -0.39 is 0 Å². The van der Waals surface area contributed by atoms with Crippen LogP contribution < -0.4 is 0 Å². The van der Waals surface area contributed by atoms with Gasteiger partial charge in [-0.1, -0.05) is 89.8 Å². The Morgan fingerprint density at radius 1 is 0.667 bits per heavy atom. The van der Waals surface area contributed by atoms with E-state index >= 15 is 0 Å². The fourth-order valence-corrected chi connectivity index (χ4v) is 1.30. The average Bonchev–Trinajstić information content (AvgIpc) is 2.34. The summed E-state index contributed by atoms with van der Waals surface area (Å²) in [4.78, 5) is 0. The van der Waals surface area contributed by atoms with Crippen molar-refractivity contribution in [2.24, 2.45) is 11.8 Å². The topological polar surface area (TPSA) is 0 Å². The van der Waals surface area contributed by atoms with Crippen LogP contribution in [-0.2, 0) is 0 Å². The molecule has 0 aliphatic carbocycles. The lowest BCUT2D eigenvalue weighted by Crippen LogP contribution is -1.91. The second kappa shape index (κ2) is 12.7. The summed E-state index contributed by atoms with van der Waals surface area (Å²) in [7, 11) is 0. The minimum absolute atomic E-state index is 0.886. The highest BCUT2D eigenvalue weighted by molar-refractivity contribution is 5.19. The molecule has 0 heterocycles. The van der Waals surface area contributed by atoms with Gasteiger partial charge < -0.3 is 0 Å². The summed E-state index contributed by atoms with van der Waals surface area (Å²) in [6.07, 6.45) is 2.77. The summed E-state index contributed by atoms with van der Waals surface area (Å²) >= 11 is 0. The highest BCUT2D eigenvalue weighted by Gasteiger charge is 1.95. The molecule has 0 bridgehead atoms. The molecule has 1 rings (SSSR count). The molecule has 0 unspecified atom stereocenters. The standard InChI is InChI=1S/C8H10.C8H18.C2H6/c1-7-3-5-8(2)6-4-7;1-7(2)5-6-8(3)4;1-2/h3-6H,1-2H3;7-8H,5-6H2,1-4H3;1-2H3. The predicted octanol–water partition coefficient (Wildman–Crippen LogP) is 6.41. The molecule has 0 aliphatic rings. The first kappa shape index (κ1) is 19.6. The van der Waals surface area contributed by atoms with Gasteiger partial charge in [-0.2, -0.15) is 0 Å². The monoisotopic (exact) mass is 250 g/mol. The van der Waals surface area contributed by atoms with Gasteiger partial charge in [-0.15, -0.1) is 0 Å². The second-order valence-electron chi connectivity index (χ2n) is 5.52. The molecule has 0 atom stereocenters. The summed E-state index contributed by atoms with van der Waals surface area (Å²) < 4.78 is 0. The van der Waals surface area contributed by atoms with Crippen molar-refractivity contribution in [2.45, 2.75) is 68.2 Å². The van der Waals surface area contributed by atoms with Gasteiger partial charge in [0, 0.05) is 0 Å². The summed E-state index contributed by atoms with van der Waals surface area (Å²) in [5, 5.41) is 0. The summed E-state index contributed by atoms with van der Waals surface area (Å²) in [6, 6.07) is 8.48. The number of hydrogen-bond acceptors (Lipinski definition) is 0. The number of hydrogen-bond donors (Lipinski definition) is 0. The number of benzene rings is 1. The lowest BCUT2D eigenvalue weighted by atomic mass is 10.0. The van der Waals surface area contributed by atoms with Crippen LogP contribution in [0.3, 0.4) is 0 Å². The first-order chi connectivity index (χ1) is 8.41. The van der Waals surface area contributed by atoms with Gasteiger partial charge in [0.25, 0.3) is 0 Å². The Morgan fingerprint density at radius 2 is 0.889 bits per heavy atom. The molecule has 0 amide bonds. The van der Waals surface area contributed by atoms with E-state index in [9.17, 15) is 0 Å². The highest BCUT2D eigenvalue weighted by atomic mass is 14.0. The van der Waals surface area contributed by atoms with Gasteiger partial charge in [0.2, 0.25) is 0 Å². The Bertz CT molecular complexity index is 225. The Morgan fingerprint density at radius 3 is 1.06 bits per heavy atom. The van der Waals surface area contributed by atoms with Crippen LogP contribution in [0.15, 0.2) is 24.3 Å². The van der Waals surface area contributed by atoms with Gasteiger partial charge in [-0.25, -0.2) is 0 Å². The molecule has 0 aliphatic heterocycles. The van der Waals surface area contributed by atoms with Crippen molar-refractivity contribution < 1.29 is 0 Å². The Kier molecular flexibility index (Phi) is 13.8. The Hall–Kier alpha value is -0.780. The molecule has 1 aromatic carbocycles.